The number of nitrogens with two attached hydrogens (primary N) is 1. The van der Waals surface area contributed by atoms with Crippen molar-refractivity contribution in [3.8, 4) is 0 Å². The van der Waals surface area contributed by atoms with Gasteiger partial charge in [-0.15, -0.1) is 0 Å². The van der Waals surface area contributed by atoms with Gasteiger partial charge in [0.15, 0.2) is 0 Å². The fourth-order valence-corrected chi connectivity index (χ4v) is 2.26. The van der Waals surface area contributed by atoms with Gasteiger partial charge in [-0.3, -0.25) is 0 Å². The highest BCUT2D eigenvalue weighted by atomic mass is 16.3. The maximum atomic E-state index is 6.14. The lowest BCUT2D eigenvalue weighted by molar-refractivity contribution is 0.509. The Morgan fingerprint density at radius 2 is 1.76 bits per heavy atom. The van der Waals surface area contributed by atoms with Gasteiger partial charge in [0.2, 0.25) is 0 Å². The van der Waals surface area contributed by atoms with Crippen molar-refractivity contribution in [3.63, 3.8) is 0 Å². The molecular weight excluding hydrogens is 210 g/mol. The summed E-state index contributed by atoms with van der Waals surface area (Å²) in [5.74, 6) is 0.973. The average Bonchev–Trinajstić information content (AvgIpc) is 2.74. The predicted octanol–water partition coefficient (Wildman–Crippen LogP) is 4.73. The fraction of sp³-hybridized carbons (Fsp3) is 0.733. The summed E-state index contributed by atoms with van der Waals surface area (Å²) in [4.78, 5) is 0. The van der Waals surface area contributed by atoms with Crippen LogP contribution in [0.3, 0.4) is 0 Å². The number of hydrogen-bond acceptors (Lipinski definition) is 2. The molecule has 0 radical (unpaired) electrons. The van der Waals surface area contributed by atoms with E-state index >= 15 is 0 Å². The van der Waals surface area contributed by atoms with E-state index in [0.29, 0.717) is 0 Å². The van der Waals surface area contributed by atoms with Crippen molar-refractivity contribution >= 4 is 0 Å². The summed E-state index contributed by atoms with van der Waals surface area (Å²) in [6.45, 7) is 4.24. The highest BCUT2D eigenvalue weighted by Gasteiger charge is 2.10. The Bertz CT molecular complexity index is 293. The first-order chi connectivity index (χ1) is 8.25. The van der Waals surface area contributed by atoms with E-state index in [4.69, 9.17) is 10.2 Å². The molecule has 98 valence electrons. The minimum absolute atomic E-state index is 0.157. The Balaban J connectivity index is 2.05. The number of rotatable bonds is 9. The largest absolute Gasteiger partial charge is 0.469 e. The fourth-order valence-electron chi connectivity index (χ4n) is 2.26. The third-order valence-corrected chi connectivity index (χ3v) is 3.42. The highest BCUT2D eigenvalue weighted by molar-refractivity contribution is 5.19. The van der Waals surface area contributed by atoms with Crippen LogP contribution in [0.2, 0.25) is 0 Å². The number of aryl methyl sites for hydroxylation is 1. The summed E-state index contributed by atoms with van der Waals surface area (Å²) < 4.78 is 5.28. The first-order valence-corrected chi connectivity index (χ1v) is 7.05. The summed E-state index contributed by atoms with van der Waals surface area (Å²) >= 11 is 0. The second-order valence-corrected chi connectivity index (χ2v) is 4.95. The van der Waals surface area contributed by atoms with E-state index in [1.54, 1.807) is 6.26 Å². The minimum atomic E-state index is 0.157. The van der Waals surface area contributed by atoms with Gasteiger partial charge in [-0.1, -0.05) is 51.9 Å². The van der Waals surface area contributed by atoms with Crippen LogP contribution in [0.1, 0.15) is 75.7 Å². The van der Waals surface area contributed by atoms with E-state index < -0.39 is 0 Å². The second kappa shape index (κ2) is 8.35. The zero-order valence-electron chi connectivity index (χ0n) is 11.4. The Morgan fingerprint density at radius 1 is 1.12 bits per heavy atom. The molecule has 1 aromatic heterocycles. The van der Waals surface area contributed by atoms with E-state index in [2.05, 4.69) is 6.92 Å². The maximum absolute atomic E-state index is 6.14. The summed E-state index contributed by atoms with van der Waals surface area (Å²) in [5, 5.41) is 0. The molecule has 2 N–H and O–H groups in total. The maximum Gasteiger partial charge on any atom is 0.105 e. The van der Waals surface area contributed by atoms with Gasteiger partial charge in [0, 0.05) is 11.6 Å². The van der Waals surface area contributed by atoms with Crippen LogP contribution < -0.4 is 5.73 Å². The Morgan fingerprint density at radius 3 is 2.35 bits per heavy atom. The molecule has 1 rings (SSSR count). The molecule has 2 nitrogen and oxygen atoms in total. The first-order valence-electron chi connectivity index (χ1n) is 7.05. The van der Waals surface area contributed by atoms with Gasteiger partial charge in [0.1, 0.15) is 5.76 Å². The molecule has 2 heteroatoms. The van der Waals surface area contributed by atoms with Crippen molar-refractivity contribution in [1.82, 2.24) is 0 Å². The molecule has 0 aromatic carbocycles. The quantitative estimate of drug-likeness (QED) is 0.631. The predicted molar refractivity (Wildman–Crippen MR) is 73.0 cm³/mol. The zero-order valence-corrected chi connectivity index (χ0v) is 11.4. The zero-order chi connectivity index (χ0) is 12.5. The monoisotopic (exact) mass is 237 g/mol. The first kappa shape index (κ1) is 14.3. The molecule has 0 aliphatic rings. The van der Waals surface area contributed by atoms with Crippen molar-refractivity contribution in [2.45, 2.75) is 71.3 Å². The van der Waals surface area contributed by atoms with Crippen molar-refractivity contribution in [2.75, 3.05) is 0 Å². The van der Waals surface area contributed by atoms with Crippen LogP contribution in [-0.2, 0) is 0 Å². The van der Waals surface area contributed by atoms with E-state index in [9.17, 15) is 0 Å². The van der Waals surface area contributed by atoms with Gasteiger partial charge >= 0.3 is 0 Å². The van der Waals surface area contributed by atoms with Gasteiger partial charge < -0.3 is 10.2 Å². The Hall–Kier alpha value is -0.760. The van der Waals surface area contributed by atoms with Crippen LogP contribution in [0, 0.1) is 6.92 Å². The van der Waals surface area contributed by atoms with Crippen LogP contribution >= 0.6 is 0 Å². The number of unbranched alkanes of at least 4 members (excludes halogenated alkanes) is 6. The molecule has 1 aromatic rings. The van der Waals surface area contributed by atoms with Crippen LogP contribution in [-0.4, -0.2) is 0 Å². The van der Waals surface area contributed by atoms with E-state index in [-0.39, 0.29) is 6.04 Å². The van der Waals surface area contributed by atoms with Crippen molar-refractivity contribution < 1.29 is 4.42 Å². The van der Waals surface area contributed by atoms with Crippen LogP contribution in [0.4, 0.5) is 0 Å². The molecule has 0 fully saturated rings. The molecule has 1 unspecified atom stereocenters. The van der Waals surface area contributed by atoms with Crippen LogP contribution in [0.5, 0.6) is 0 Å². The molecule has 0 saturated carbocycles. The second-order valence-electron chi connectivity index (χ2n) is 4.95. The average molecular weight is 237 g/mol. The Labute approximate surface area is 106 Å². The molecule has 0 bridgehead atoms. The molecule has 1 heterocycles. The third-order valence-electron chi connectivity index (χ3n) is 3.42. The van der Waals surface area contributed by atoms with Gasteiger partial charge in [0.05, 0.1) is 6.26 Å². The molecular formula is C15H27NO. The molecule has 0 spiro atoms. The normalized spacial score (nSPS) is 12.9. The highest BCUT2D eigenvalue weighted by Crippen LogP contribution is 2.21. The van der Waals surface area contributed by atoms with Gasteiger partial charge in [-0.05, 0) is 19.4 Å². The smallest absolute Gasteiger partial charge is 0.105 e. The van der Waals surface area contributed by atoms with Gasteiger partial charge in [0.25, 0.3) is 0 Å². The molecule has 1 atom stereocenters. The van der Waals surface area contributed by atoms with Gasteiger partial charge in [-0.2, -0.15) is 0 Å². The lowest BCUT2D eigenvalue weighted by Gasteiger charge is -2.10. The molecule has 0 amide bonds. The molecule has 0 aliphatic heterocycles. The summed E-state index contributed by atoms with van der Waals surface area (Å²) in [7, 11) is 0. The van der Waals surface area contributed by atoms with E-state index in [1.807, 2.05) is 13.0 Å². The Kier molecular flexibility index (Phi) is 7.02. The lowest BCUT2D eigenvalue weighted by Crippen LogP contribution is -2.10. The summed E-state index contributed by atoms with van der Waals surface area (Å²) in [5.41, 5.74) is 7.32. The molecule has 17 heavy (non-hydrogen) atoms. The number of furan rings is 1. The van der Waals surface area contributed by atoms with Crippen molar-refractivity contribution in [3.05, 3.63) is 23.7 Å². The van der Waals surface area contributed by atoms with Gasteiger partial charge in [-0.25, -0.2) is 0 Å². The lowest BCUT2D eigenvalue weighted by atomic mass is 10.0. The van der Waals surface area contributed by atoms with Crippen LogP contribution in [0.25, 0.3) is 0 Å². The molecule has 0 aliphatic carbocycles. The van der Waals surface area contributed by atoms with Crippen molar-refractivity contribution in [1.29, 1.82) is 0 Å². The minimum Gasteiger partial charge on any atom is -0.469 e. The standard InChI is InChI=1S/C15H27NO/c1-3-4-5-6-7-8-9-10-15(16)14-11-12-17-13(14)2/h11-12,15H,3-10,16H2,1-2H3. The SMILES string of the molecule is CCCCCCCCCC(N)c1ccoc1C. The van der Waals surface area contributed by atoms with E-state index in [1.165, 1.54) is 50.5 Å². The molecule has 0 saturated heterocycles. The summed E-state index contributed by atoms with van der Waals surface area (Å²) in [6, 6.07) is 2.16. The topological polar surface area (TPSA) is 39.2 Å². The summed E-state index contributed by atoms with van der Waals surface area (Å²) in [6.07, 6.45) is 12.2. The number of hydrogen-bond donors (Lipinski definition) is 1. The third kappa shape index (κ3) is 5.40. The van der Waals surface area contributed by atoms with E-state index in [0.717, 1.165) is 12.2 Å². The van der Waals surface area contributed by atoms with Crippen LogP contribution in [0.15, 0.2) is 16.7 Å². The van der Waals surface area contributed by atoms with Crippen molar-refractivity contribution in [2.24, 2.45) is 5.73 Å².